The zero-order valence-corrected chi connectivity index (χ0v) is 19.2. The molecule has 3 aromatic carbocycles. The van der Waals surface area contributed by atoms with E-state index in [1.54, 1.807) is 50.4 Å². The van der Waals surface area contributed by atoms with Crippen LogP contribution in [0, 0.1) is 6.92 Å². The molecule has 6 heteroatoms. The fourth-order valence-corrected chi connectivity index (χ4v) is 3.68. The Kier molecular flexibility index (Phi) is 6.43. The number of benzene rings is 3. The van der Waals surface area contributed by atoms with Gasteiger partial charge in [-0.2, -0.15) is 0 Å². The lowest BCUT2D eigenvalue weighted by atomic mass is 10.0. The molecule has 1 unspecified atom stereocenters. The first kappa shape index (κ1) is 22.5. The van der Waals surface area contributed by atoms with Gasteiger partial charge in [0.25, 0.3) is 0 Å². The van der Waals surface area contributed by atoms with E-state index in [-0.39, 0.29) is 11.3 Å². The first-order valence-electron chi connectivity index (χ1n) is 10.4. The van der Waals surface area contributed by atoms with Crippen LogP contribution in [0.2, 0.25) is 5.02 Å². The second-order valence-corrected chi connectivity index (χ2v) is 8.16. The smallest absolute Gasteiger partial charge is 0.339 e. The Morgan fingerprint density at radius 2 is 1.64 bits per heavy atom. The fraction of sp³-hybridized carbons (Fsp3) is 0.148. The summed E-state index contributed by atoms with van der Waals surface area (Å²) in [5, 5.41) is 1.03. The second kappa shape index (κ2) is 9.43. The van der Waals surface area contributed by atoms with Gasteiger partial charge < -0.3 is 9.47 Å². The quantitative estimate of drug-likeness (QED) is 0.250. The normalized spacial score (nSPS) is 11.8. The van der Waals surface area contributed by atoms with Crippen LogP contribution in [0.15, 0.2) is 72.8 Å². The molecule has 4 aromatic rings. The molecule has 33 heavy (non-hydrogen) atoms. The Bertz CT molecular complexity index is 1330. The Morgan fingerprint density at radius 1 is 0.939 bits per heavy atom. The van der Waals surface area contributed by atoms with Gasteiger partial charge in [-0.25, -0.2) is 9.78 Å². The lowest BCUT2D eigenvalue weighted by molar-refractivity contribution is 0.0320. The molecule has 5 nitrogen and oxygen atoms in total. The number of nitrogens with zero attached hydrogens (tertiary/aromatic N) is 1. The molecule has 0 fully saturated rings. The molecule has 0 aliphatic rings. The predicted molar refractivity (Wildman–Crippen MR) is 129 cm³/mol. The molecule has 0 bridgehead atoms. The number of carbonyl (C=O) groups excluding carboxylic acids is 2. The molecule has 1 aromatic heterocycles. The summed E-state index contributed by atoms with van der Waals surface area (Å²) in [5.41, 5.74) is 3.82. The number of carbonyl (C=O) groups is 2. The summed E-state index contributed by atoms with van der Waals surface area (Å²) in [6.07, 6.45) is -0.952. The van der Waals surface area contributed by atoms with E-state index in [9.17, 15) is 9.59 Å². The molecule has 0 spiro atoms. The maximum Gasteiger partial charge on any atom is 0.339 e. The highest BCUT2D eigenvalue weighted by Gasteiger charge is 2.23. The SMILES string of the molecule is COc1ccc(-c2cc(C(=O)OC(C)C(=O)c3ccc(C)cc3)c3cc(Cl)ccc3n2)cc1. The molecule has 0 N–H and O–H groups in total. The Hall–Kier alpha value is -3.70. The number of pyridine rings is 1. The molecule has 0 aliphatic heterocycles. The number of ketones is 1. The van der Waals surface area contributed by atoms with Crippen LogP contribution >= 0.6 is 11.6 Å². The number of esters is 1. The first-order chi connectivity index (χ1) is 15.9. The topological polar surface area (TPSA) is 65.5 Å². The monoisotopic (exact) mass is 459 g/mol. The molecule has 0 saturated carbocycles. The van der Waals surface area contributed by atoms with Crippen molar-refractivity contribution in [2.75, 3.05) is 7.11 Å². The molecule has 4 rings (SSSR count). The average Bonchev–Trinajstić information content (AvgIpc) is 2.83. The number of hydrogen-bond acceptors (Lipinski definition) is 5. The zero-order chi connectivity index (χ0) is 23.5. The Balaban J connectivity index is 1.69. The number of aromatic nitrogens is 1. The minimum atomic E-state index is -0.952. The van der Waals surface area contributed by atoms with E-state index < -0.39 is 12.1 Å². The van der Waals surface area contributed by atoms with Crippen molar-refractivity contribution in [3.8, 4) is 17.0 Å². The maximum absolute atomic E-state index is 13.2. The molecular weight excluding hydrogens is 438 g/mol. The van der Waals surface area contributed by atoms with Crippen molar-refractivity contribution >= 4 is 34.3 Å². The van der Waals surface area contributed by atoms with E-state index in [2.05, 4.69) is 4.98 Å². The van der Waals surface area contributed by atoms with E-state index in [1.165, 1.54) is 0 Å². The summed E-state index contributed by atoms with van der Waals surface area (Å²) in [4.78, 5) is 30.6. The Morgan fingerprint density at radius 3 is 2.30 bits per heavy atom. The van der Waals surface area contributed by atoms with Gasteiger partial charge in [-0.15, -0.1) is 0 Å². The summed E-state index contributed by atoms with van der Waals surface area (Å²) in [5.74, 6) is -0.170. The van der Waals surface area contributed by atoms with Crippen LogP contribution in [0.3, 0.4) is 0 Å². The van der Waals surface area contributed by atoms with Crippen LogP contribution in [0.1, 0.15) is 33.2 Å². The zero-order valence-electron chi connectivity index (χ0n) is 18.5. The number of hydrogen-bond donors (Lipinski definition) is 0. The van der Waals surface area contributed by atoms with Crippen LogP contribution in [0.4, 0.5) is 0 Å². The molecule has 0 aliphatic carbocycles. The van der Waals surface area contributed by atoms with Crippen molar-refractivity contribution in [1.82, 2.24) is 4.98 Å². The van der Waals surface area contributed by atoms with Gasteiger partial charge in [-0.3, -0.25) is 4.79 Å². The molecule has 0 saturated heterocycles. The highest BCUT2D eigenvalue weighted by Crippen LogP contribution is 2.29. The molecule has 0 radical (unpaired) electrons. The molecule has 166 valence electrons. The van der Waals surface area contributed by atoms with Gasteiger partial charge in [-0.05, 0) is 62.4 Å². The van der Waals surface area contributed by atoms with E-state index >= 15 is 0 Å². The summed E-state index contributed by atoms with van der Waals surface area (Å²) in [6, 6.07) is 21.3. The predicted octanol–water partition coefficient (Wildman–Crippen LogP) is 6.30. The van der Waals surface area contributed by atoms with E-state index in [4.69, 9.17) is 21.1 Å². The minimum Gasteiger partial charge on any atom is -0.497 e. The van der Waals surface area contributed by atoms with Crippen LogP contribution < -0.4 is 4.74 Å². The summed E-state index contributed by atoms with van der Waals surface area (Å²) in [6.45, 7) is 3.51. The number of methoxy groups -OCH3 is 1. The van der Waals surface area contributed by atoms with E-state index in [0.29, 0.717) is 27.2 Å². The summed E-state index contributed by atoms with van der Waals surface area (Å²) in [7, 11) is 1.60. The third-order valence-corrected chi connectivity index (χ3v) is 5.60. The van der Waals surface area contributed by atoms with Gasteiger partial charge in [0.2, 0.25) is 5.78 Å². The van der Waals surface area contributed by atoms with Gasteiger partial charge >= 0.3 is 5.97 Å². The van der Waals surface area contributed by atoms with Crippen LogP contribution in [0.5, 0.6) is 5.75 Å². The van der Waals surface area contributed by atoms with Crippen molar-refractivity contribution in [2.45, 2.75) is 20.0 Å². The fourth-order valence-electron chi connectivity index (χ4n) is 3.51. The standard InChI is InChI=1S/C27H22ClNO4/c1-16-4-6-19(7-5-16)26(30)17(2)33-27(31)23-15-25(18-8-11-21(32-3)12-9-18)29-24-13-10-20(28)14-22(23)24/h4-15,17H,1-3H3. The van der Waals surface area contributed by atoms with Crippen LogP contribution in [-0.4, -0.2) is 30.0 Å². The second-order valence-electron chi connectivity index (χ2n) is 7.72. The lowest BCUT2D eigenvalue weighted by Crippen LogP contribution is -2.24. The molecule has 0 amide bonds. The number of Topliss-reactive ketones (excluding diaryl/α,β-unsaturated/α-hetero) is 1. The number of ether oxygens (including phenoxy) is 2. The van der Waals surface area contributed by atoms with Gasteiger partial charge in [0, 0.05) is 21.5 Å². The highest BCUT2D eigenvalue weighted by atomic mass is 35.5. The summed E-state index contributed by atoms with van der Waals surface area (Å²) < 4.78 is 10.8. The van der Waals surface area contributed by atoms with Gasteiger partial charge in [0.1, 0.15) is 5.75 Å². The van der Waals surface area contributed by atoms with E-state index in [0.717, 1.165) is 16.9 Å². The number of fused-ring (bicyclic) bond motifs is 1. The third-order valence-electron chi connectivity index (χ3n) is 5.37. The maximum atomic E-state index is 13.2. The summed E-state index contributed by atoms with van der Waals surface area (Å²) >= 11 is 6.19. The van der Waals surface area contributed by atoms with Crippen molar-refractivity contribution < 1.29 is 19.1 Å². The molecule has 1 heterocycles. The average molecular weight is 460 g/mol. The number of aryl methyl sites for hydroxylation is 1. The largest absolute Gasteiger partial charge is 0.497 e. The lowest BCUT2D eigenvalue weighted by Gasteiger charge is -2.15. The van der Waals surface area contributed by atoms with Crippen molar-refractivity contribution in [3.63, 3.8) is 0 Å². The van der Waals surface area contributed by atoms with E-state index in [1.807, 2.05) is 43.3 Å². The van der Waals surface area contributed by atoms with Gasteiger partial charge in [0.15, 0.2) is 6.10 Å². The van der Waals surface area contributed by atoms with Crippen molar-refractivity contribution in [1.29, 1.82) is 0 Å². The van der Waals surface area contributed by atoms with Crippen molar-refractivity contribution in [3.05, 3.63) is 94.5 Å². The Labute approximate surface area is 196 Å². The van der Waals surface area contributed by atoms with Crippen LogP contribution in [0.25, 0.3) is 22.2 Å². The minimum absolute atomic E-state index is 0.268. The highest BCUT2D eigenvalue weighted by molar-refractivity contribution is 6.31. The molecule has 1 atom stereocenters. The van der Waals surface area contributed by atoms with Gasteiger partial charge in [0.05, 0.1) is 23.9 Å². The third kappa shape index (κ3) is 4.89. The van der Waals surface area contributed by atoms with Gasteiger partial charge in [-0.1, -0.05) is 41.4 Å². The number of rotatable bonds is 6. The first-order valence-corrected chi connectivity index (χ1v) is 10.8. The molecular formula is C27H22ClNO4. The number of halogens is 1. The van der Waals surface area contributed by atoms with Crippen molar-refractivity contribution in [2.24, 2.45) is 0 Å². The van der Waals surface area contributed by atoms with Crippen LogP contribution in [-0.2, 0) is 4.74 Å².